The number of carboxylic acid groups (broad SMARTS) is 1. The Morgan fingerprint density at radius 1 is 1.56 bits per heavy atom. The number of carboxylic acids is 1. The standard InChI is InChI=1S/C9H12N2O4S/c10-9-6(11(14)15)5-16-7(9)3-1-2-4-8(12)13/h5H,1-4,10H2,(H,12,13). The minimum atomic E-state index is -0.829. The van der Waals surface area contributed by atoms with Gasteiger partial charge in [-0.25, -0.2) is 0 Å². The number of hydrogen-bond donors (Lipinski definition) is 2. The van der Waals surface area contributed by atoms with E-state index in [0.29, 0.717) is 19.3 Å². The molecule has 3 N–H and O–H groups in total. The van der Waals surface area contributed by atoms with Crippen LogP contribution in [0.3, 0.4) is 0 Å². The van der Waals surface area contributed by atoms with E-state index in [4.69, 9.17) is 10.8 Å². The molecule has 0 aliphatic carbocycles. The molecule has 6 nitrogen and oxygen atoms in total. The van der Waals surface area contributed by atoms with Gasteiger partial charge in [0.1, 0.15) is 5.69 Å². The zero-order chi connectivity index (χ0) is 12.1. The lowest BCUT2D eigenvalue weighted by Crippen LogP contribution is -1.97. The number of anilines is 1. The summed E-state index contributed by atoms with van der Waals surface area (Å²) in [7, 11) is 0. The second-order valence-corrected chi connectivity index (χ2v) is 4.28. The van der Waals surface area contributed by atoms with Crippen LogP contribution in [0, 0.1) is 10.1 Å². The van der Waals surface area contributed by atoms with E-state index in [1.807, 2.05) is 0 Å². The first kappa shape index (κ1) is 12.4. The topological polar surface area (TPSA) is 106 Å². The van der Waals surface area contributed by atoms with Gasteiger partial charge in [-0.2, -0.15) is 0 Å². The van der Waals surface area contributed by atoms with E-state index in [0.717, 1.165) is 4.88 Å². The minimum absolute atomic E-state index is 0.0572. The maximum absolute atomic E-state index is 10.5. The SMILES string of the molecule is Nc1c([N+](=O)[O-])csc1CCCCC(=O)O. The molecule has 0 amide bonds. The van der Waals surface area contributed by atoms with Crippen LogP contribution in [-0.4, -0.2) is 16.0 Å². The summed E-state index contributed by atoms with van der Waals surface area (Å²) in [5.41, 5.74) is 5.75. The summed E-state index contributed by atoms with van der Waals surface area (Å²) < 4.78 is 0. The predicted molar refractivity (Wildman–Crippen MR) is 60.6 cm³/mol. The van der Waals surface area contributed by atoms with Crippen LogP contribution in [0.2, 0.25) is 0 Å². The van der Waals surface area contributed by atoms with Crippen molar-refractivity contribution >= 4 is 28.7 Å². The smallest absolute Gasteiger partial charge is 0.303 e. The Morgan fingerprint density at radius 3 is 2.75 bits per heavy atom. The van der Waals surface area contributed by atoms with Crippen molar-refractivity contribution in [3.05, 3.63) is 20.4 Å². The van der Waals surface area contributed by atoms with E-state index in [1.54, 1.807) is 0 Å². The van der Waals surface area contributed by atoms with Gasteiger partial charge in [-0.1, -0.05) is 0 Å². The van der Waals surface area contributed by atoms with Crippen molar-refractivity contribution in [1.82, 2.24) is 0 Å². The molecule has 1 aromatic rings. The van der Waals surface area contributed by atoms with Crippen LogP contribution in [0.1, 0.15) is 24.1 Å². The molecule has 0 unspecified atom stereocenters. The Bertz CT molecular complexity index is 402. The number of aliphatic carboxylic acids is 1. The van der Waals surface area contributed by atoms with Crippen molar-refractivity contribution < 1.29 is 14.8 Å². The van der Waals surface area contributed by atoms with Crippen LogP contribution in [0.5, 0.6) is 0 Å². The Morgan fingerprint density at radius 2 is 2.25 bits per heavy atom. The number of rotatable bonds is 6. The molecular formula is C9H12N2O4S. The molecule has 0 fully saturated rings. The molecule has 0 radical (unpaired) electrons. The van der Waals surface area contributed by atoms with Crippen LogP contribution in [0.15, 0.2) is 5.38 Å². The highest BCUT2D eigenvalue weighted by molar-refractivity contribution is 7.11. The summed E-state index contributed by atoms with van der Waals surface area (Å²) in [6.07, 6.45) is 1.94. The molecular weight excluding hydrogens is 232 g/mol. The lowest BCUT2D eigenvalue weighted by atomic mass is 10.1. The van der Waals surface area contributed by atoms with Gasteiger partial charge in [-0.15, -0.1) is 11.3 Å². The normalized spacial score (nSPS) is 10.2. The van der Waals surface area contributed by atoms with Gasteiger partial charge in [-0.3, -0.25) is 14.9 Å². The number of unbranched alkanes of at least 4 members (excludes halogenated alkanes) is 1. The van der Waals surface area contributed by atoms with Crippen molar-refractivity contribution in [2.75, 3.05) is 5.73 Å². The quantitative estimate of drug-likeness (QED) is 0.452. The van der Waals surface area contributed by atoms with E-state index in [9.17, 15) is 14.9 Å². The average molecular weight is 244 g/mol. The van der Waals surface area contributed by atoms with Crippen LogP contribution >= 0.6 is 11.3 Å². The van der Waals surface area contributed by atoms with E-state index in [-0.39, 0.29) is 17.8 Å². The van der Waals surface area contributed by atoms with Gasteiger partial charge in [0.2, 0.25) is 0 Å². The molecule has 1 aromatic heterocycles. The second-order valence-electron chi connectivity index (χ2n) is 3.32. The molecule has 0 aliphatic heterocycles. The largest absolute Gasteiger partial charge is 0.481 e. The molecule has 1 heterocycles. The molecule has 7 heteroatoms. The third-order valence-corrected chi connectivity index (χ3v) is 3.18. The van der Waals surface area contributed by atoms with Crippen LogP contribution in [0.4, 0.5) is 11.4 Å². The fourth-order valence-electron chi connectivity index (χ4n) is 1.29. The van der Waals surface area contributed by atoms with Crippen molar-refractivity contribution in [2.24, 2.45) is 0 Å². The zero-order valence-electron chi connectivity index (χ0n) is 8.51. The second kappa shape index (κ2) is 5.45. The van der Waals surface area contributed by atoms with Gasteiger partial charge >= 0.3 is 11.7 Å². The summed E-state index contributed by atoms with van der Waals surface area (Å²) >= 11 is 1.25. The van der Waals surface area contributed by atoms with Gasteiger partial charge in [0.05, 0.1) is 10.3 Å². The Kier molecular flexibility index (Phi) is 4.24. The van der Waals surface area contributed by atoms with Gasteiger partial charge in [0, 0.05) is 11.3 Å². The van der Waals surface area contributed by atoms with Crippen LogP contribution in [-0.2, 0) is 11.2 Å². The Balaban J connectivity index is 2.49. The highest BCUT2D eigenvalue weighted by Gasteiger charge is 2.17. The molecule has 0 bridgehead atoms. The Hall–Kier alpha value is -1.63. The number of nitro groups is 1. The third kappa shape index (κ3) is 3.20. The fourth-order valence-corrected chi connectivity index (χ4v) is 2.25. The first-order valence-corrected chi connectivity index (χ1v) is 5.62. The maximum atomic E-state index is 10.5. The highest BCUT2D eigenvalue weighted by atomic mass is 32.1. The van der Waals surface area contributed by atoms with E-state index >= 15 is 0 Å². The monoisotopic (exact) mass is 244 g/mol. The molecule has 0 aliphatic rings. The highest BCUT2D eigenvalue weighted by Crippen LogP contribution is 2.32. The molecule has 0 saturated heterocycles. The van der Waals surface area contributed by atoms with E-state index in [2.05, 4.69) is 0 Å². The number of nitrogens with two attached hydrogens (primary N) is 1. The molecule has 0 atom stereocenters. The number of aryl methyl sites for hydroxylation is 1. The number of hydrogen-bond acceptors (Lipinski definition) is 5. The number of carbonyl (C=O) groups is 1. The van der Waals surface area contributed by atoms with Gasteiger partial charge in [0.25, 0.3) is 0 Å². The predicted octanol–water partition coefficient (Wildman–Crippen LogP) is 2.04. The van der Waals surface area contributed by atoms with Gasteiger partial charge in [-0.05, 0) is 19.3 Å². The first-order chi connectivity index (χ1) is 7.52. The van der Waals surface area contributed by atoms with E-state index < -0.39 is 10.9 Å². The lowest BCUT2D eigenvalue weighted by molar-refractivity contribution is -0.383. The summed E-state index contributed by atoms with van der Waals surface area (Å²) in [5, 5.41) is 20.4. The van der Waals surface area contributed by atoms with Gasteiger partial charge in [0.15, 0.2) is 0 Å². The van der Waals surface area contributed by atoms with Crippen molar-refractivity contribution in [2.45, 2.75) is 25.7 Å². The Labute approximate surface area is 95.8 Å². The molecule has 1 rings (SSSR count). The first-order valence-electron chi connectivity index (χ1n) is 4.74. The minimum Gasteiger partial charge on any atom is -0.481 e. The summed E-state index contributed by atoms with van der Waals surface area (Å²) in [5.74, 6) is -0.829. The molecule has 0 spiro atoms. The molecule has 0 saturated carbocycles. The van der Waals surface area contributed by atoms with Crippen molar-refractivity contribution in [3.8, 4) is 0 Å². The zero-order valence-corrected chi connectivity index (χ0v) is 9.33. The summed E-state index contributed by atoms with van der Waals surface area (Å²) in [6, 6.07) is 0. The maximum Gasteiger partial charge on any atom is 0.303 e. The number of nitrogen functional groups attached to an aromatic ring is 1. The number of thiophene rings is 1. The molecule has 16 heavy (non-hydrogen) atoms. The van der Waals surface area contributed by atoms with Crippen molar-refractivity contribution in [3.63, 3.8) is 0 Å². The van der Waals surface area contributed by atoms with Crippen molar-refractivity contribution in [1.29, 1.82) is 0 Å². The lowest BCUT2D eigenvalue weighted by Gasteiger charge is -1.98. The van der Waals surface area contributed by atoms with Gasteiger partial charge < -0.3 is 10.8 Å². The summed E-state index contributed by atoms with van der Waals surface area (Å²) in [4.78, 5) is 21.0. The van der Waals surface area contributed by atoms with Crippen LogP contribution < -0.4 is 5.73 Å². The van der Waals surface area contributed by atoms with Crippen LogP contribution in [0.25, 0.3) is 0 Å². The molecule has 0 aromatic carbocycles. The third-order valence-electron chi connectivity index (χ3n) is 2.13. The average Bonchev–Trinajstić information content (AvgIpc) is 2.54. The fraction of sp³-hybridized carbons (Fsp3) is 0.444. The summed E-state index contributed by atoms with van der Waals surface area (Å²) in [6.45, 7) is 0. The van der Waals surface area contributed by atoms with E-state index in [1.165, 1.54) is 16.7 Å². The number of nitrogens with zero attached hydrogens (tertiary/aromatic N) is 1. The molecule has 88 valence electrons.